The largest absolute Gasteiger partial charge is 0.490 e. The van der Waals surface area contributed by atoms with Gasteiger partial charge in [-0.25, -0.2) is 9.18 Å². The summed E-state index contributed by atoms with van der Waals surface area (Å²) in [6, 6.07) is 5.71. The molecule has 1 unspecified atom stereocenters. The van der Waals surface area contributed by atoms with Gasteiger partial charge in [0.1, 0.15) is 5.82 Å². The van der Waals surface area contributed by atoms with Gasteiger partial charge in [-0.05, 0) is 12.1 Å². The molecule has 0 radical (unpaired) electrons. The second-order valence-electron chi connectivity index (χ2n) is 5.09. The first-order chi connectivity index (χ1) is 11.7. The second kappa shape index (κ2) is 7.57. The van der Waals surface area contributed by atoms with Crippen molar-refractivity contribution in [1.29, 1.82) is 0 Å². The number of halogens is 4. The molecule has 0 amide bonds. The normalized spacial score (nSPS) is 15.7. The summed E-state index contributed by atoms with van der Waals surface area (Å²) < 4.78 is 55.0. The number of nitrogens with two attached hydrogens (primary N) is 1. The highest BCUT2D eigenvalue weighted by molar-refractivity contribution is 5.73. The van der Waals surface area contributed by atoms with Crippen molar-refractivity contribution < 1.29 is 36.7 Å². The lowest BCUT2D eigenvalue weighted by molar-refractivity contribution is -0.192. The summed E-state index contributed by atoms with van der Waals surface area (Å²) in [4.78, 5) is 13.1. The number of hydrogen-bond donors (Lipinski definition) is 2. The molecule has 1 aliphatic heterocycles. The molecule has 1 saturated heterocycles. The third-order valence-corrected chi connectivity index (χ3v) is 3.22. The van der Waals surface area contributed by atoms with Crippen molar-refractivity contribution in [2.24, 2.45) is 11.7 Å². The van der Waals surface area contributed by atoms with Crippen molar-refractivity contribution in [3.63, 3.8) is 0 Å². The summed E-state index contributed by atoms with van der Waals surface area (Å²) in [5.41, 5.74) is 6.54. The van der Waals surface area contributed by atoms with Crippen LogP contribution in [0.1, 0.15) is 11.9 Å². The predicted molar refractivity (Wildman–Crippen MR) is 74.6 cm³/mol. The zero-order valence-electron chi connectivity index (χ0n) is 12.5. The number of carboxylic acid groups (broad SMARTS) is 1. The molecule has 1 aromatic carbocycles. The number of carboxylic acids is 1. The first-order valence-corrected chi connectivity index (χ1v) is 6.91. The van der Waals surface area contributed by atoms with Crippen LogP contribution in [0.5, 0.6) is 0 Å². The van der Waals surface area contributed by atoms with E-state index in [1.54, 1.807) is 12.1 Å². The average Bonchev–Trinajstić information content (AvgIpc) is 2.95. The molecule has 1 fully saturated rings. The summed E-state index contributed by atoms with van der Waals surface area (Å²) in [5, 5.41) is 10.9. The van der Waals surface area contributed by atoms with Crippen LogP contribution >= 0.6 is 0 Å². The van der Waals surface area contributed by atoms with Crippen LogP contribution in [0, 0.1) is 11.7 Å². The van der Waals surface area contributed by atoms with Crippen molar-refractivity contribution in [2.45, 2.75) is 12.2 Å². The first-order valence-electron chi connectivity index (χ1n) is 6.91. The Morgan fingerprint density at radius 2 is 2.00 bits per heavy atom. The van der Waals surface area contributed by atoms with E-state index in [0.717, 1.165) is 0 Å². The van der Waals surface area contributed by atoms with E-state index in [2.05, 4.69) is 10.1 Å². The van der Waals surface area contributed by atoms with Gasteiger partial charge in [-0.15, -0.1) is 0 Å². The van der Waals surface area contributed by atoms with Gasteiger partial charge >= 0.3 is 12.1 Å². The highest BCUT2D eigenvalue weighted by Gasteiger charge is 2.38. The van der Waals surface area contributed by atoms with E-state index in [0.29, 0.717) is 30.5 Å². The fourth-order valence-corrected chi connectivity index (χ4v) is 1.78. The Kier molecular flexibility index (Phi) is 5.69. The monoisotopic (exact) mass is 363 g/mol. The second-order valence-corrected chi connectivity index (χ2v) is 5.09. The number of benzene rings is 1. The maximum absolute atomic E-state index is 13.1. The standard InChI is InChI=1S/C12H12FN3O2.C2HF3O2/c13-9-3-1-2-7(4-9)11-15-12(18-16-11)10(14)8-5-17-6-8;3-2(4,5)1(6)7/h1-4,8,10H,5-6,14H2;(H,6,7). The summed E-state index contributed by atoms with van der Waals surface area (Å²) in [5.74, 6) is -2.17. The third-order valence-electron chi connectivity index (χ3n) is 3.22. The highest BCUT2D eigenvalue weighted by atomic mass is 19.4. The van der Waals surface area contributed by atoms with Gasteiger partial charge in [0, 0.05) is 11.5 Å². The molecule has 11 heteroatoms. The predicted octanol–water partition coefficient (Wildman–Crippen LogP) is 2.16. The van der Waals surface area contributed by atoms with Crippen LogP contribution in [-0.4, -0.2) is 40.6 Å². The van der Waals surface area contributed by atoms with Gasteiger partial charge in [0.15, 0.2) is 0 Å². The Bertz CT molecular complexity index is 731. The van der Waals surface area contributed by atoms with E-state index < -0.39 is 12.1 Å². The molecule has 1 aromatic heterocycles. The van der Waals surface area contributed by atoms with Gasteiger partial charge in [0.25, 0.3) is 0 Å². The molecule has 3 N–H and O–H groups in total. The summed E-state index contributed by atoms with van der Waals surface area (Å²) in [6.07, 6.45) is -5.08. The number of nitrogens with zero attached hydrogens (tertiary/aromatic N) is 2. The molecule has 1 aliphatic rings. The zero-order valence-corrected chi connectivity index (χ0v) is 12.5. The summed E-state index contributed by atoms with van der Waals surface area (Å²) in [7, 11) is 0. The lowest BCUT2D eigenvalue weighted by Crippen LogP contribution is -2.37. The third kappa shape index (κ3) is 4.97. The Morgan fingerprint density at radius 3 is 2.48 bits per heavy atom. The Morgan fingerprint density at radius 1 is 1.36 bits per heavy atom. The van der Waals surface area contributed by atoms with Crippen LogP contribution in [0.3, 0.4) is 0 Å². The van der Waals surface area contributed by atoms with Gasteiger partial charge in [-0.3, -0.25) is 0 Å². The van der Waals surface area contributed by atoms with Crippen molar-refractivity contribution in [3.05, 3.63) is 36.0 Å². The van der Waals surface area contributed by atoms with Crippen LogP contribution in [0.25, 0.3) is 11.4 Å². The number of rotatable bonds is 3. The number of aliphatic carboxylic acids is 1. The molecule has 2 heterocycles. The molecule has 3 rings (SSSR count). The number of alkyl halides is 3. The van der Waals surface area contributed by atoms with Gasteiger partial charge in [0.05, 0.1) is 19.3 Å². The van der Waals surface area contributed by atoms with E-state index in [9.17, 15) is 17.6 Å². The number of ether oxygens (including phenoxy) is 1. The SMILES string of the molecule is NC(c1nc(-c2cccc(F)c2)no1)C1COC1.O=C(O)C(F)(F)F. The molecular formula is C14H13F4N3O4. The fourth-order valence-electron chi connectivity index (χ4n) is 1.78. The van der Waals surface area contributed by atoms with Crippen LogP contribution in [0.4, 0.5) is 17.6 Å². The molecular weight excluding hydrogens is 350 g/mol. The van der Waals surface area contributed by atoms with Crippen molar-refractivity contribution in [3.8, 4) is 11.4 Å². The maximum Gasteiger partial charge on any atom is 0.490 e. The molecule has 1 atom stereocenters. The average molecular weight is 363 g/mol. The van der Waals surface area contributed by atoms with E-state index in [-0.39, 0.29) is 17.8 Å². The minimum absolute atomic E-state index is 0.214. The molecule has 0 bridgehead atoms. The van der Waals surface area contributed by atoms with Crippen LogP contribution < -0.4 is 5.73 Å². The van der Waals surface area contributed by atoms with E-state index in [1.807, 2.05) is 0 Å². The van der Waals surface area contributed by atoms with Crippen LogP contribution in [-0.2, 0) is 9.53 Å². The van der Waals surface area contributed by atoms with E-state index in [1.165, 1.54) is 12.1 Å². The number of aromatic nitrogens is 2. The Balaban J connectivity index is 0.000000277. The van der Waals surface area contributed by atoms with Crippen molar-refractivity contribution >= 4 is 5.97 Å². The summed E-state index contributed by atoms with van der Waals surface area (Å²) >= 11 is 0. The van der Waals surface area contributed by atoms with Gasteiger partial charge in [-0.1, -0.05) is 17.3 Å². The van der Waals surface area contributed by atoms with Crippen molar-refractivity contribution in [1.82, 2.24) is 10.1 Å². The lowest BCUT2D eigenvalue weighted by atomic mass is 9.99. The number of hydrogen-bond acceptors (Lipinski definition) is 6. The summed E-state index contributed by atoms with van der Waals surface area (Å²) in [6.45, 7) is 1.22. The topological polar surface area (TPSA) is 111 Å². The molecule has 0 spiro atoms. The van der Waals surface area contributed by atoms with Gasteiger partial charge in [0.2, 0.25) is 11.7 Å². The molecule has 0 aliphatic carbocycles. The Hall–Kier alpha value is -2.53. The number of carbonyl (C=O) groups is 1. The maximum atomic E-state index is 13.1. The molecule has 2 aromatic rings. The van der Waals surface area contributed by atoms with Gasteiger partial charge in [-0.2, -0.15) is 18.2 Å². The quantitative estimate of drug-likeness (QED) is 0.804. The van der Waals surface area contributed by atoms with E-state index >= 15 is 0 Å². The van der Waals surface area contributed by atoms with Crippen molar-refractivity contribution in [2.75, 3.05) is 13.2 Å². The van der Waals surface area contributed by atoms with Crippen LogP contribution in [0.15, 0.2) is 28.8 Å². The molecule has 7 nitrogen and oxygen atoms in total. The minimum atomic E-state index is -5.08. The Labute approximate surface area is 138 Å². The lowest BCUT2D eigenvalue weighted by Gasteiger charge is -2.28. The van der Waals surface area contributed by atoms with Gasteiger partial charge < -0.3 is 20.1 Å². The molecule has 0 saturated carbocycles. The minimum Gasteiger partial charge on any atom is -0.475 e. The van der Waals surface area contributed by atoms with E-state index in [4.69, 9.17) is 24.9 Å². The highest BCUT2D eigenvalue weighted by Crippen LogP contribution is 2.26. The smallest absolute Gasteiger partial charge is 0.475 e. The molecule has 25 heavy (non-hydrogen) atoms. The zero-order chi connectivity index (χ0) is 18.6. The first kappa shape index (κ1) is 18.8. The molecule has 136 valence electrons. The fraction of sp³-hybridized carbons (Fsp3) is 0.357. The van der Waals surface area contributed by atoms with Crippen LogP contribution in [0.2, 0.25) is 0 Å².